The molecule has 0 atom stereocenters. The minimum Gasteiger partial charge on any atom is -0.411 e. The third-order valence-electron chi connectivity index (χ3n) is 1.65. The fourth-order valence-corrected chi connectivity index (χ4v) is 0.970. The maximum absolute atomic E-state index is 12.2. The average Bonchev–Trinajstić information content (AvgIpc) is 2.17. The first-order valence-corrected chi connectivity index (χ1v) is 4.09. The van der Waals surface area contributed by atoms with Crippen LogP contribution in [0.5, 0.6) is 0 Å². The summed E-state index contributed by atoms with van der Waals surface area (Å²) >= 11 is 0. The van der Waals surface area contributed by atoms with E-state index in [1.165, 1.54) is 0 Å². The predicted octanol–water partition coefficient (Wildman–Crippen LogP) is 2.10. The van der Waals surface area contributed by atoms with E-state index in [0.29, 0.717) is 6.21 Å². The van der Waals surface area contributed by atoms with Gasteiger partial charge in [-0.15, -0.1) is 0 Å². The largest absolute Gasteiger partial charge is 0.416 e. The lowest BCUT2D eigenvalue weighted by molar-refractivity contribution is -0.137. The molecule has 4 nitrogen and oxygen atoms in total. The molecule has 0 aromatic heterocycles. The van der Waals surface area contributed by atoms with Gasteiger partial charge in [0.15, 0.2) is 0 Å². The molecule has 16 heavy (non-hydrogen) atoms. The molecule has 0 aliphatic heterocycles. The van der Waals surface area contributed by atoms with Crippen LogP contribution in [-0.2, 0) is 11.0 Å². The standard InChI is InChI=1S/C9H7F3N2O2/c10-9(11,12)6-1-3-7(4-2-6)14-8(15)5-13-16/h1-5,16H,(H,14,15)/b13-5+. The molecular weight excluding hydrogens is 225 g/mol. The Morgan fingerprint density at radius 2 is 1.88 bits per heavy atom. The van der Waals surface area contributed by atoms with Gasteiger partial charge >= 0.3 is 6.18 Å². The van der Waals surface area contributed by atoms with Crippen molar-refractivity contribution < 1.29 is 23.2 Å². The Bertz CT molecular complexity index is 398. The van der Waals surface area contributed by atoms with Gasteiger partial charge in [-0.3, -0.25) is 4.79 Å². The number of carbonyl (C=O) groups is 1. The van der Waals surface area contributed by atoms with Crippen molar-refractivity contribution >= 4 is 17.8 Å². The van der Waals surface area contributed by atoms with Crippen molar-refractivity contribution in [3.05, 3.63) is 29.8 Å². The molecular formula is C9H7F3N2O2. The molecule has 7 heteroatoms. The number of hydrogen-bond donors (Lipinski definition) is 2. The van der Waals surface area contributed by atoms with Crippen LogP contribution in [-0.4, -0.2) is 17.3 Å². The molecule has 0 fully saturated rings. The topological polar surface area (TPSA) is 61.7 Å². The quantitative estimate of drug-likeness (QED) is 0.466. The molecule has 0 saturated carbocycles. The van der Waals surface area contributed by atoms with E-state index >= 15 is 0 Å². The van der Waals surface area contributed by atoms with Gasteiger partial charge in [0.1, 0.15) is 6.21 Å². The van der Waals surface area contributed by atoms with Crippen LogP contribution in [0, 0.1) is 0 Å². The van der Waals surface area contributed by atoms with Crippen molar-refractivity contribution in [3.8, 4) is 0 Å². The van der Waals surface area contributed by atoms with Crippen molar-refractivity contribution in [2.45, 2.75) is 6.18 Å². The zero-order valence-electron chi connectivity index (χ0n) is 7.82. The Labute approximate surface area is 88.4 Å². The Morgan fingerprint density at radius 3 is 2.31 bits per heavy atom. The Balaban J connectivity index is 2.76. The molecule has 0 bridgehead atoms. The third kappa shape index (κ3) is 3.26. The number of nitrogens with one attached hydrogen (secondary N) is 1. The van der Waals surface area contributed by atoms with Gasteiger partial charge in [0.25, 0.3) is 5.91 Å². The van der Waals surface area contributed by atoms with Crippen LogP contribution in [0.3, 0.4) is 0 Å². The maximum atomic E-state index is 12.2. The molecule has 1 amide bonds. The second kappa shape index (κ2) is 4.65. The fraction of sp³-hybridized carbons (Fsp3) is 0.111. The number of alkyl halides is 3. The summed E-state index contributed by atoms with van der Waals surface area (Å²) in [6, 6.07) is 3.88. The van der Waals surface area contributed by atoms with Crippen LogP contribution in [0.25, 0.3) is 0 Å². The second-order valence-electron chi connectivity index (χ2n) is 2.81. The van der Waals surface area contributed by atoms with Crippen molar-refractivity contribution in [1.29, 1.82) is 0 Å². The van der Waals surface area contributed by atoms with Gasteiger partial charge < -0.3 is 10.5 Å². The van der Waals surface area contributed by atoms with E-state index in [2.05, 4.69) is 10.5 Å². The van der Waals surface area contributed by atoms with Gasteiger partial charge in [0, 0.05) is 5.69 Å². The minimum atomic E-state index is -4.41. The van der Waals surface area contributed by atoms with E-state index in [-0.39, 0.29) is 5.69 Å². The average molecular weight is 232 g/mol. The second-order valence-corrected chi connectivity index (χ2v) is 2.81. The van der Waals surface area contributed by atoms with E-state index in [0.717, 1.165) is 24.3 Å². The number of halogens is 3. The number of oxime groups is 1. The summed E-state index contributed by atoms with van der Waals surface area (Å²) in [7, 11) is 0. The van der Waals surface area contributed by atoms with Crippen molar-refractivity contribution in [3.63, 3.8) is 0 Å². The molecule has 0 heterocycles. The molecule has 86 valence electrons. The molecule has 0 unspecified atom stereocenters. The summed E-state index contributed by atoms with van der Waals surface area (Å²) in [5, 5.41) is 12.7. The lowest BCUT2D eigenvalue weighted by atomic mass is 10.2. The molecule has 0 saturated heterocycles. The van der Waals surface area contributed by atoms with Gasteiger partial charge in [0.05, 0.1) is 5.56 Å². The Morgan fingerprint density at radius 1 is 1.31 bits per heavy atom. The highest BCUT2D eigenvalue weighted by Gasteiger charge is 2.29. The first-order valence-electron chi connectivity index (χ1n) is 4.09. The van der Waals surface area contributed by atoms with E-state index in [9.17, 15) is 18.0 Å². The van der Waals surface area contributed by atoms with Gasteiger partial charge in [-0.05, 0) is 24.3 Å². The SMILES string of the molecule is O=C(/C=N/O)Nc1ccc(C(F)(F)F)cc1. The van der Waals surface area contributed by atoms with Crippen LogP contribution in [0.2, 0.25) is 0 Å². The van der Waals surface area contributed by atoms with E-state index in [4.69, 9.17) is 5.21 Å². The van der Waals surface area contributed by atoms with E-state index in [1.54, 1.807) is 0 Å². The van der Waals surface area contributed by atoms with E-state index in [1.807, 2.05) is 0 Å². The normalized spacial score (nSPS) is 11.7. The van der Waals surface area contributed by atoms with E-state index < -0.39 is 17.6 Å². The maximum Gasteiger partial charge on any atom is 0.416 e. The number of hydrogen-bond acceptors (Lipinski definition) is 3. The monoisotopic (exact) mass is 232 g/mol. The highest BCUT2D eigenvalue weighted by Crippen LogP contribution is 2.29. The third-order valence-corrected chi connectivity index (χ3v) is 1.65. The van der Waals surface area contributed by atoms with Gasteiger partial charge in [0.2, 0.25) is 0 Å². The Hall–Kier alpha value is -2.05. The Kier molecular flexibility index (Phi) is 3.49. The van der Waals surface area contributed by atoms with Crippen molar-refractivity contribution in [2.75, 3.05) is 5.32 Å². The highest BCUT2D eigenvalue weighted by atomic mass is 19.4. The number of rotatable bonds is 2. The number of carbonyl (C=O) groups excluding carboxylic acids is 1. The summed E-state index contributed by atoms with van der Waals surface area (Å²) in [6.07, 6.45) is -3.81. The molecule has 0 radical (unpaired) electrons. The molecule has 2 N–H and O–H groups in total. The van der Waals surface area contributed by atoms with Crippen LogP contribution >= 0.6 is 0 Å². The smallest absolute Gasteiger partial charge is 0.411 e. The first-order chi connectivity index (χ1) is 7.43. The molecule has 0 spiro atoms. The zero-order chi connectivity index (χ0) is 12.2. The number of anilines is 1. The zero-order valence-corrected chi connectivity index (χ0v) is 7.82. The highest BCUT2D eigenvalue weighted by molar-refractivity contribution is 6.31. The summed E-state index contributed by atoms with van der Waals surface area (Å²) in [5.74, 6) is -0.734. The minimum absolute atomic E-state index is 0.179. The van der Waals surface area contributed by atoms with Gasteiger partial charge in [-0.1, -0.05) is 5.16 Å². The summed E-state index contributed by atoms with van der Waals surface area (Å²) in [5.41, 5.74) is -0.626. The van der Waals surface area contributed by atoms with Gasteiger partial charge in [-0.25, -0.2) is 0 Å². The van der Waals surface area contributed by atoms with Crippen LogP contribution in [0.4, 0.5) is 18.9 Å². The molecule has 0 aliphatic carbocycles. The molecule has 1 rings (SSSR count). The fourth-order valence-electron chi connectivity index (χ4n) is 0.970. The summed E-state index contributed by atoms with van der Waals surface area (Å²) in [6.45, 7) is 0. The number of amides is 1. The molecule has 1 aromatic rings. The number of benzene rings is 1. The van der Waals surface area contributed by atoms with Gasteiger partial charge in [-0.2, -0.15) is 13.2 Å². The molecule has 1 aromatic carbocycles. The molecule has 0 aliphatic rings. The summed E-state index contributed by atoms with van der Waals surface area (Å²) in [4.78, 5) is 10.9. The lowest BCUT2D eigenvalue weighted by Crippen LogP contribution is -2.13. The van der Waals surface area contributed by atoms with Crippen LogP contribution in [0.1, 0.15) is 5.56 Å². The van der Waals surface area contributed by atoms with Crippen molar-refractivity contribution in [2.24, 2.45) is 5.16 Å². The van der Waals surface area contributed by atoms with Crippen molar-refractivity contribution in [1.82, 2.24) is 0 Å². The first kappa shape index (κ1) is 12.0. The van der Waals surface area contributed by atoms with Crippen LogP contribution in [0.15, 0.2) is 29.4 Å². The number of nitrogens with zero attached hydrogens (tertiary/aromatic N) is 1. The van der Waals surface area contributed by atoms with Crippen LogP contribution < -0.4 is 5.32 Å². The predicted molar refractivity (Wildman–Crippen MR) is 50.4 cm³/mol. The summed E-state index contributed by atoms with van der Waals surface area (Å²) < 4.78 is 36.5. The lowest BCUT2D eigenvalue weighted by Gasteiger charge is -2.07.